The minimum atomic E-state index is -0.0715. The van der Waals surface area contributed by atoms with Crippen molar-refractivity contribution in [1.29, 1.82) is 0 Å². The molecule has 0 aliphatic carbocycles. The molecule has 0 atom stereocenters. The van der Waals surface area contributed by atoms with E-state index in [1.165, 1.54) is 0 Å². The van der Waals surface area contributed by atoms with Crippen LogP contribution in [0.1, 0.15) is 23.7 Å². The van der Waals surface area contributed by atoms with Crippen molar-refractivity contribution in [2.75, 3.05) is 33.5 Å². The van der Waals surface area contributed by atoms with Gasteiger partial charge in [-0.1, -0.05) is 19.1 Å². The summed E-state index contributed by atoms with van der Waals surface area (Å²) in [5.41, 5.74) is 0.573. The van der Waals surface area contributed by atoms with Crippen LogP contribution in [-0.2, 0) is 9.47 Å². The Morgan fingerprint density at radius 3 is 2.67 bits per heavy atom. The first kappa shape index (κ1) is 14.7. The van der Waals surface area contributed by atoms with Gasteiger partial charge >= 0.3 is 0 Å². The third kappa shape index (κ3) is 4.85. The predicted octanol–water partition coefficient (Wildman–Crippen LogP) is 2.32. The van der Waals surface area contributed by atoms with Crippen LogP contribution in [-0.4, -0.2) is 39.3 Å². The van der Waals surface area contributed by atoms with E-state index < -0.39 is 0 Å². The minimum absolute atomic E-state index is 0.0514. The highest BCUT2D eigenvalue weighted by Crippen LogP contribution is 2.18. The highest BCUT2D eigenvalue weighted by molar-refractivity contribution is 5.99. The van der Waals surface area contributed by atoms with Gasteiger partial charge in [0.2, 0.25) is 0 Å². The van der Waals surface area contributed by atoms with Crippen molar-refractivity contribution in [3.05, 3.63) is 29.8 Å². The van der Waals surface area contributed by atoms with Crippen LogP contribution in [0.15, 0.2) is 24.3 Å². The van der Waals surface area contributed by atoms with Crippen molar-refractivity contribution in [2.45, 2.75) is 13.3 Å². The number of Topliss-reactive ketones (excluding diaryl/α,β-unsaturated/α-hetero) is 1. The zero-order valence-electron chi connectivity index (χ0n) is 11.0. The smallest absolute Gasteiger partial charge is 0.192 e. The van der Waals surface area contributed by atoms with E-state index in [0.717, 1.165) is 6.42 Å². The molecule has 0 unspecified atom stereocenters. The molecule has 1 rings (SSSR count). The molecule has 0 aliphatic rings. The lowest BCUT2D eigenvalue weighted by molar-refractivity contribution is 0.0574. The van der Waals surface area contributed by atoms with Gasteiger partial charge in [-0.2, -0.15) is 0 Å². The van der Waals surface area contributed by atoms with Crippen molar-refractivity contribution in [3.63, 3.8) is 0 Å². The molecule has 0 fully saturated rings. The molecule has 1 aromatic carbocycles. The van der Waals surface area contributed by atoms with E-state index in [1.807, 2.05) is 19.1 Å². The predicted molar refractivity (Wildman–Crippen MR) is 69.3 cm³/mol. The number of rotatable bonds is 9. The average Bonchev–Trinajstić information content (AvgIpc) is 2.41. The second kappa shape index (κ2) is 8.66. The van der Waals surface area contributed by atoms with Gasteiger partial charge in [-0.3, -0.25) is 4.79 Å². The van der Waals surface area contributed by atoms with Crippen LogP contribution in [0.25, 0.3) is 0 Å². The fourth-order valence-corrected chi connectivity index (χ4v) is 1.42. The molecule has 0 aliphatic heterocycles. The Balaban J connectivity index is 2.55. The molecule has 100 valence electrons. The minimum Gasteiger partial charge on any atom is -0.493 e. The highest BCUT2D eigenvalue weighted by Gasteiger charge is 2.11. The lowest BCUT2D eigenvalue weighted by Crippen LogP contribution is -2.13. The summed E-state index contributed by atoms with van der Waals surface area (Å²) in [6.07, 6.45) is 0.910. The summed E-state index contributed by atoms with van der Waals surface area (Å²) < 4.78 is 15.6. The Kier molecular flexibility index (Phi) is 7.06. The van der Waals surface area contributed by atoms with Crippen LogP contribution < -0.4 is 4.74 Å². The molecule has 1 aromatic rings. The zero-order valence-corrected chi connectivity index (χ0v) is 11.0. The maximum atomic E-state index is 11.9. The molecule has 0 aromatic heterocycles. The van der Waals surface area contributed by atoms with Gasteiger partial charge in [0.15, 0.2) is 5.78 Å². The van der Waals surface area contributed by atoms with E-state index in [9.17, 15) is 4.79 Å². The fourth-order valence-electron chi connectivity index (χ4n) is 1.42. The lowest BCUT2D eigenvalue weighted by Gasteiger charge is -2.10. The Labute approximate surface area is 108 Å². The van der Waals surface area contributed by atoms with Crippen LogP contribution in [0.3, 0.4) is 0 Å². The van der Waals surface area contributed by atoms with Crippen molar-refractivity contribution >= 4 is 5.78 Å². The van der Waals surface area contributed by atoms with Gasteiger partial charge in [0, 0.05) is 7.11 Å². The van der Waals surface area contributed by atoms with Crippen LogP contribution in [0.4, 0.5) is 0 Å². The summed E-state index contributed by atoms with van der Waals surface area (Å²) in [7, 11) is 1.60. The van der Waals surface area contributed by atoms with Gasteiger partial charge in [-0.05, 0) is 18.6 Å². The zero-order chi connectivity index (χ0) is 13.2. The molecule has 18 heavy (non-hydrogen) atoms. The summed E-state index contributed by atoms with van der Waals surface area (Å²) in [6.45, 7) is 3.59. The molecular formula is C14H20O4. The summed E-state index contributed by atoms with van der Waals surface area (Å²) in [5.74, 6) is 0.553. The second-order valence-electron chi connectivity index (χ2n) is 3.81. The molecular weight excluding hydrogens is 232 g/mol. The van der Waals surface area contributed by atoms with Crippen molar-refractivity contribution in [3.8, 4) is 5.75 Å². The molecule has 4 heteroatoms. The van der Waals surface area contributed by atoms with E-state index in [0.29, 0.717) is 31.1 Å². The number of methoxy groups -OCH3 is 1. The maximum Gasteiger partial charge on any atom is 0.192 e. The fraction of sp³-hybridized carbons (Fsp3) is 0.500. The first-order valence-electron chi connectivity index (χ1n) is 6.11. The van der Waals surface area contributed by atoms with Crippen molar-refractivity contribution < 1.29 is 19.0 Å². The second-order valence-corrected chi connectivity index (χ2v) is 3.81. The number of carbonyl (C=O) groups excluding carboxylic acids is 1. The summed E-state index contributed by atoms with van der Waals surface area (Å²) in [6, 6.07) is 7.24. The number of ether oxygens (including phenoxy) is 3. The topological polar surface area (TPSA) is 44.8 Å². The van der Waals surface area contributed by atoms with E-state index >= 15 is 0 Å². The molecule has 0 amide bonds. The Morgan fingerprint density at radius 1 is 1.17 bits per heavy atom. The molecule has 0 saturated carbocycles. The molecule has 0 radical (unpaired) electrons. The van der Waals surface area contributed by atoms with Crippen LogP contribution in [0.2, 0.25) is 0 Å². The molecule has 0 N–H and O–H groups in total. The van der Waals surface area contributed by atoms with E-state index in [1.54, 1.807) is 19.2 Å². The third-order valence-electron chi connectivity index (χ3n) is 2.31. The largest absolute Gasteiger partial charge is 0.493 e. The lowest BCUT2D eigenvalue weighted by atomic mass is 10.1. The number of ketones is 1. The van der Waals surface area contributed by atoms with Gasteiger partial charge in [0.05, 0.1) is 25.4 Å². The van der Waals surface area contributed by atoms with Gasteiger partial charge in [0.1, 0.15) is 12.4 Å². The van der Waals surface area contributed by atoms with Gasteiger partial charge < -0.3 is 14.2 Å². The molecule has 0 heterocycles. The van der Waals surface area contributed by atoms with Crippen LogP contribution in [0.5, 0.6) is 5.75 Å². The van der Waals surface area contributed by atoms with Crippen LogP contribution in [0, 0.1) is 0 Å². The first-order valence-corrected chi connectivity index (χ1v) is 6.11. The quantitative estimate of drug-likeness (QED) is 0.500. The van der Waals surface area contributed by atoms with Crippen LogP contribution >= 0.6 is 0 Å². The number of benzene rings is 1. The van der Waals surface area contributed by atoms with E-state index in [2.05, 4.69) is 0 Å². The Morgan fingerprint density at radius 2 is 1.94 bits per heavy atom. The van der Waals surface area contributed by atoms with E-state index in [4.69, 9.17) is 14.2 Å². The monoisotopic (exact) mass is 252 g/mol. The molecule has 0 spiro atoms. The van der Waals surface area contributed by atoms with Gasteiger partial charge in [0.25, 0.3) is 0 Å². The van der Waals surface area contributed by atoms with Gasteiger partial charge in [-0.15, -0.1) is 0 Å². The summed E-state index contributed by atoms with van der Waals surface area (Å²) in [4.78, 5) is 11.9. The summed E-state index contributed by atoms with van der Waals surface area (Å²) >= 11 is 0. The SMILES string of the molecule is CCCOc1ccccc1C(=O)COCCOC. The van der Waals surface area contributed by atoms with Gasteiger partial charge in [-0.25, -0.2) is 0 Å². The molecule has 0 saturated heterocycles. The van der Waals surface area contributed by atoms with Crippen molar-refractivity contribution in [2.24, 2.45) is 0 Å². The Bertz CT molecular complexity index is 363. The normalized spacial score (nSPS) is 10.3. The highest BCUT2D eigenvalue weighted by atomic mass is 16.5. The van der Waals surface area contributed by atoms with E-state index in [-0.39, 0.29) is 12.4 Å². The standard InChI is InChI=1S/C14H20O4/c1-3-8-18-14-7-5-4-6-12(14)13(15)11-17-10-9-16-2/h4-7H,3,8-11H2,1-2H3. The number of carbonyl (C=O) groups is 1. The number of hydrogen-bond acceptors (Lipinski definition) is 4. The third-order valence-corrected chi connectivity index (χ3v) is 2.31. The summed E-state index contributed by atoms with van der Waals surface area (Å²) in [5, 5.41) is 0. The molecule has 4 nitrogen and oxygen atoms in total. The maximum absolute atomic E-state index is 11.9. The molecule has 0 bridgehead atoms. The number of para-hydroxylation sites is 1. The average molecular weight is 252 g/mol. The first-order chi connectivity index (χ1) is 8.79. The number of hydrogen-bond donors (Lipinski definition) is 0. The van der Waals surface area contributed by atoms with Crippen molar-refractivity contribution in [1.82, 2.24) is 0 Å². The Hall–Kier alpha value is -1.39.